The molecule has 24 heavy (non-hydrogen) atoms. The zero-order chi connectivity index (χ0) is 16.8. The van der Waals surface area contributed by atoms with E-state index in [2.05, 4.69) is 25.8 Å². The van der Waals surface area contributed by atoms with Crippen molar-refractivity contribution in [2.24, 2.45) is 0 Å². The highest BCUT2D eigenvalue weighted by Gasteiger charge is 2.07. The zero-order valence-corrected chi connectivity index (χ0v) is 13.5. The Labute approximate surface area is 144 Å². The molecule has 1 aromatic heterocycles. The molecule has 0 atom stereocenters. The first-order chi connectivity index (χ1) is 11.7. The summed E-state index contributed by atoms with van der Waals surface area (Å²) < 4.78 is 0. The van der Waals surface area contributed by atoms with E-state index in [-0.39, 0.29) is 6.03 Å². The smallest absolute Gasteiger partial charge is 0.319 e. The Morgan fingerprint density at radius 3 is 2.58 bits per heavy atom. The lowest BCUT2D eigenvalue weighted by Crippen LogP contribution is -2.30. The molecule has 0 aliphatic heterocycles. The fraction of sp³-hybridized carbons (Fsp3) is 0.118. The van der Waals surface area contributed by atoms with Crippen LogP contribution in [0.3, 0.4) is 0 Å². The number of aromatic amines is 1. The van der Waals surface area contributed by atoms with E-state index in [0.717, 1.165) is 11.3 Å². The Morgan fingerprint density at radius 2 is 1.83 bits per heavy atom. The van der Waals surface area contributed by atoms with Crippen LogP contribution in [0, 0.1) is 0 Å². The molecule has 2 amide bonds. The van der Waals surface area contributed by atoms with E-state index in [0.29, 0.717) is 29.6 Å². The van der Waals surface area contributed by atoms with Gasteiger partial charge in [-0.3, -0.25) is 5.10 Å². The molecule has 3 N–H and O–H groups in total. The summed E-state index contributed by atoms with van der Waals surface area (Å²) in [4.78, 5) is 16.2. The van der Waals surface area contributed by atoms with Gasteiger partial charge in [0, 0.05) is 29.2 Å². The lowest BCUT2D eigenvalue weighted by molar-refractivity contribution is 0.252. The highest BCUT2D eigenvalue weighted by atomic mass is 35.5. The predicted octanol–water partition coefficient (Wildman–Crippen LogP) is 3.49. The van der Waals surface area contributed by atoms with E-state index < -0.39 is 0 Å². The van der Waals surface area contributed by atoms with Gasteiger partial charge in [-0.05, 0) is 36.4 Å². The van der Waals surface area contributed by atoms with Gasteiger partial charge in [0.1, 0.15) is 5.82 Å². The molecule has 0 saturated carbocycles. The van der Waals surface area contributed by atoms with E-state index in [1.165, 1.54) is 0 Å². The second-order valence-corrected chi connectivity index (χ2v) is 5.55. The molecule has 2 aromatic carbocycles. The van der Waals surface area contributed by atoms with Crippen molar-refractivity contribution in [3.63, 3.8) is 0 Å². The maximum Gasteiger partial charge on any atom is 0.319 e. The van der Waals surface area contributed by atoms with Gasteiger partial charge in [0.05, 0.1) is 0 Å². The highest BCUT2D eigenvalue weighted by Crippen LogP contribution is 2.17. The van der Waals surface area contributed by atoms with E-state index in [1.807, 2.05) is 42.5 Å². The number of aromatic nitrogens is 3. The third kappa shape index (κ3) is 4.33. The first-order valence-electron chi connectivity index (χ1n) is 7.48. The number of halogens is 1. The number of para-hydroxylation sites is 1. The Morgan fingerprint density at radius 1 is 1.08 bits per heavy atom. The maximum atomic E-state index is 11.8. The third-order valence-electron chi connectivity index (χ3n) is 3.31. The van der Waals surface area contributed by atoms with Crippen LogP contribution in [0.2, 0.25) is 5.02 Å². The van der Waals surface area contributed by atoms with Crippen LogP contribution in [0.15, 0.2) is 54.6 Å². The number of rotatable bonds is 5. The monoisotopic (exact) mass is 341 g/mol. The molecule has 0 radical (unpaired) electrons. The number of urea groups is 1. The number of hydrogen-bond acceptors (Lipinski definition) is 3. The summed E-state index contributed by atoms with van der Waals surface area (Å²) >= 11 is 5.87. The molecule has 1 heterocycles. The minimum absolute atomic E-state index is 0.251. The van der Waals surface area contributed by atoms with Crippen LogP contribution in [0.4, 0.5) is 10.5 Å². The quantitative estimate of drug-likeness (QED) is 0.664. The lowest BCUT2D eigenvalue weighted by atomic mass is 10.2. The van der Waals surface area contributed by atoms with Gasteiger partial charge in [0.15, 0.2) is 5.82 Å². The van der Waals surface area contributed by atoms with Gasteiger partial charge in [0.2, 0.25) is 0 Å². The average Bonchev–Trinajstić information content (AvgIpc) is 3.05. The number of nitrogens with zero attached hydrogens (tertiary/aromatic N) is 2. The van der Waals surface area contributed by atoms with Crippen molar-refractivity contribution in [3.8, 4) is 11.4 Å². The van der Waals surface area contributed by atoms with Crippen LogP contribution < -0.4 is 10.6 Å². The summed E-state index contributed by atoms with van der Waals surface area (Å²) in [6, 6.07) is 16.3. The molecule has 3 aromatic rings. The third-order valence-corrected chi connectivity index (χ3v) is 3.57. The van der Waals surface area contributed by atoms with Crippen molar-refractivity contribution in [2.75, 3.05) is 11.9 Å². The molecule has 0 aliphatic rings. The molecular formula is C17H16ClN5O. The Kier molecular flexibility index (Phi) is 5.08. The van der Waals surface area contributed by atoms with Gasteiger partial charge in [0.25, 0.3) is 0 Å². The minimum atomic E-state index is -0.251. The van der Waals surface area contributed by atoms with E-state index in [9.17, 15) is 4.79 Å². The topological polar surface area (TPSA) is 82.7 Å². The van der Waals surface area contributed by atoms with Crippen LogP contribution in [0.25, 0.3) is 11.4 Å². The van der Waals surface area contributed by atoms with Crippen LogP contribution in [0.1, 0.15) is 5.82 Å². The molecule has 0 unspecified atom stereocenters. The molecule has 0 aliphatic carbocycles. The number of hydrogen-bond donors (Lipinski definition) is 3. The summed E-state index contributed by atoms with van der Waals surface area (Å²) in [7, 11) is 0. The number of carbonyl (C=O) groups is 1. The van der Waals surface area contributed by atoms with Gasteiger partial charge in [-0.25, -0.2) is 9.78 Å². The largest absolute Gasteiger partial charge is 0.337 e. The van der Waals surface area contributed by atoms with Crippen molar-refractivity contribution in [3.05, 3.63) is 65.4 Å². The van der Waals surface area contributed by atoms with Crippen LogP contribution in [-0.2, 0) is 6.42 Å². The second kappa shape index (κ2) is 7.61. The number of anilines is 1. The van der Waals surface area contributed by atoms with Crippen molar-refractivity contribution in [2.45, 2.75) is 6.42 Å². The van der Waals surface area contributed by atoms with E-state index in [4.69, 9.17) is 11.6 Å². The summed E-state index contributed by atoms with van der Waals surface area (Å²) in [5.41, 5.74) is 1.64. The maximum absolute atomic E-state index is 11.8. The van der Waals surface area contributed by atoms with Gasteiger partial charge in [-0.2, -0.15) is 5.10 Å². The predicted molar refractivity (Wildman–Crippen MR) is 94.0 cm³/mol. The fourth-order valence-corrected chi connectivity index (χ4v) is 2.25. The molecule has 0 spiro atoms. The number of carbonyl (C=O) groups excluding carboxylic acids is 1. The van der Waals surface area contributed by atoms with Gasteiger partial charge in [-0.1, -0.05) is 29.8 Å². The summed E-state index contributed by atoms with van der Waals surface area (Å²) in [6.07, 6.45) is 0.558. The Bertz CT molecular complexity index is 801. The summed E-state index contributed by atoms with van der Waals surface area (Å²) in [5.74, 6) is 1.32. The van der Waals surface area contributed by atoms with Gasteiger partial charge < -0.3 is 10.6 Å². The first kappa shape index (κ1) is 16.0. The Hall–Kier alpha value is -2.86. The lowest BCUT2D eigenvalue weighted by Gasteiger charge is -2.06. The number of H-pyrrole nitrogens is 1. The van der Waals surface area contributed by atoms with Crippen molar-refractivity contribution >= 4 is 23.3 Å². The second-order valence-electron chi connectivity index (χ2n) is 5.11. The molecule has 0 saturated heterocycles. The number of amides is 2. The van der Waals surface area contributed by atoms with Crippen molar-refractivity contribution < 1.29 is 4.79 Å². The van der Waals surface area contributed by atoms with Crippen molar-refractivity contribution in [1.29, 1.82) is 0 Å². The normalized spacial score (nSPS) is 10.4. The molecule has 6 nitrogen and oxygen atoms in total. The molecule has 0 bridgehead atoms. The van der Waals surface area contributed by atoms with Gasteiger partial charge in [-0.15, -0.1) is 0 Å². The summed E-state index contributed by atoms with van der Waals surface area (Å²) in [6.45, 7) is 0.452. The average molecular weight is 342 g/mol. The van der Waals surface area contributed by atoms with Crippen molar-refractivity contribution in [1.82, 2.24) is 20.5 Å². The molecule has 7 heteroatoms. The number of benzene rings is 2. The standard InChI is InChI=1S/C17H16ClN5O/c18-13-8-6-12(7-9-13)16-21-15(22-23-16)10-11-19-17(24)20-14-4-2-1-3-5-14/h1-9H,10-11H2,(H2,19,20,24)(H,21,22,23). The summed E-state index contributed by atoms with van der Waals surface area (Å²) in [5, 5.41) is 13.3. The van der Waals surface area contributed by atoms with E-state index >= 15 is 0 Å². The fourth-order valence-electron chi connectivity index (χ4n) is 2.13. The number of nitrogens with one attached hydrogen (secondary N) is 3. The molecule has 3 rings (SSSR count). The molecule has 0 fully saturated rings. The first-order valence-corrected chi connectivity index (χ1v) is 7.85. The van der Waals surface area contributed by atoms with Gasteiger partial charge >= 0.3 is 6.03 Å². The SMILES string of the molecule is O=C(NCCc1nc(-c2ccc(Cl)cc2)n[nH]1)Nc1ccccc1. The minimum Gasteiger partial charge on any atom is -0.337 e. The Balaban J connectivity index is 1.49. The van der Waals surface area contributed by atoms with Crippen LogP contribution >= 0.6 is 11.6 Å². The van der Waals surface area contributed by atoms with E-state index in [1.54, 1.807) is 12.1 Å². The molecular weight excluding hydrogens is 326 g/mol. The molecule has 122 valence electrons. The van der Waals surface area contributed by atoms with Crippen LogP contribution in [-0.4, -0.2) is 27.8 Å². The zero-order valence-electron chi connectivity index (χ0n) is 12.8. The van der Waals surface area contributed by atoms with Crippen LogP contribution in [0.5, 0.6) is 0 Å². The highest BCUT2D eigenvalue weighted by molar-refractivity contribution is 6.30.